The van der Waals surface area contributed by atoms with Crippen LogP contribution in [-0.4, -0.2) is 31.1 Å². The van der Waals surface area contributed by atoms with Gasteiger partial charge in [-0.3, -0.25) is 0 Å². The van der Waals surface area contributed by atoms with Gasteiger partial charge in [-0.25, -0.2) is 0 Å². The van der Waals surface area contributed by atoms with Crippen LogP contribution in [0.1, 0.15) is 42.9 Å². The summed E-state index contributed by atoms with van der Waals surface area (Å²) in [6.07, 6.45) is 7.54. The molecule has 1 unspecified atom stereocenters. The Kier molecular flexibility index (Phi) is 5.41. The molecule has 0 aromatic heterocycles. The van der Waals surface area contributed by atoms with Crippen molar-refractivity contribution >= 4 is 0 Å². The number of nitrogens with two attached hydrogens (primary N) is 1. The summed E-state index contributed by atoms with van der Waals surface area (Å²) in [7, 11) is 2.20. The Morgan fingerprint density at radius 2 is 1.89 bits per heavy atom. The average molecular weight is 260 g/mol. The first kappa shape index (κ1) is 14.5. The molecule has 1 aromatic carbocycles. The van der Waals surface area contributed by atoms with E-state index >= 15 is 0 Å². The highest BCUT2D eigenvalue weighted by atomic mass is 15.1. The van der Waals surface area contributed by atoms with Crippen molar-refractivity contribution in [2.45, 2.75) is 51.5 Å². The van der Waals surface area contributed by atoms with E-state index in [-0.39, 0.29) is 0 Å². The van der Waals surface area contributed by atoms with E-state index in [4.69, 9.17) is 5.73 Å². The number of benzene rings is 1. The number of hydrogen-bond acceptors (Lipinski definition) is 2. The van der Waals surface area contributed by atoms with Crippen LogP contribution in [-0.2, 0) is 19.3 Å². The monoisotopic (exact) mass is 260 g/mol. The van der Waals surface area contributed by atoms with Gasteiger partial charge in [-0.2, -0.15) is 0 Å². The molecule has 0 aliphatic heterocycles. The molecule has 2 rings (SSSR count). The van der Waals surface area contributed by atoms with E-state index in [1.807, 2.05) is 0 Å². The maximum absolute atomic E-state index is 5.80. The van der Waals surface area contributed by atoms with Crippen LogP contribution in [0.3, 0.4) is 0 Å². The van der Waals surface area contributed by atoms with Crippen molar-refractivity contribution in [3.63, 3.8) is 0 Å². The predicted molar refractivity (Wildman–Crippen MR) is 82.6 cm³/mol. The highest BCUT2D eigenvalue weighted by Gasteiger charge is 2.09. The van der Waals surface area contributed by atoms with Gasteiger partial charge in [0.25, 0.3) is 0 Å². The minimum atomic E-state index is 0.311. The van der Waals surface area contributed by atoms with Crippen LogP contribution in [0.5, 0.6) is 0 Å². The van der Waals surface area contributed by atoms with Gasteiger partial charge in [0.2, 0.25) is 0 Å². The Morgan fingerprint density at radius 1 is 1.16 bits per heavy atom. The Hall–Kier alpha value is -0.860. The molecule has 0 radical (unpaired) electrons. The zero-order chi connectivity index (χ0) is 13.7. The fourth-order valence-corrected chi connectivity index (χ4v) is 2.80. The minimum Gasteiger partial charge on any atom is -0.328 e. The maximum atomic E-state index is 5.80. The molecule has 1 aliphatic carbocycles. The summed E-state index contributed by atoms with van der Waals surface area (Å²) in [5.74, 6) is 0. The molecule has 2 nitrogen and oxygen atoms in total. The lowest BCUT2D eigenvalue weighted by Crippen LogP contribution is -2.27. The predicted octanol–water partition coefficient (Wildman–Crippen LogP) is 2.78. The summed E-state index contributed by atoms with van der Waals surface area (Å²) in [6, 6.07) is 7.43. The first-order chi connectivity index (χ1) is 9.15. The summed E-state index contributed by atoms with van der Waals surface area (Å²) < 4.78 is 0. The molecule has 0 saturated carbocycles. The Morgan fingerprint density at radius 3 is 2.63 bits per heavy atom. The molecule has 1 aromatic rings. The minimum absolute atomic E-state index is 0.311. The number of hydrogen-bond donors (Lipinski definition) is 1. The van der Waals surface area contributed by atoms with Gasteiger partial charge in [-0.15, -0.1) is 0 Å². The molecule has 0 fully saturated rings. The van der Waals surface area contributed by atoms with Crippen molar-refractivity contribution in [2.24, 2.45) is 5.73 Å². The smallest absolute Gasteiger partial charge is 0.00226 e. The summed E-state index contributed by atoms with van der Waals surface area (Å²) in [5, 5.41) is 0. The Balaban J connectivity index is 1.82. The van der Waals surface area contributed by atoms with Crippen molar-refractivity contribution in [3.8, 4) is 0 Å². The normalized spacial score (nSPS) is 16.4. The maximum Gasteiger partial charge on any atom is 0.00226 e. The van der Waals surface area contributed by atoms with Gasteiger partial charge in [0.05, 0.1) is 0 Å². The molecule has 0 heterocycles. The van der Waals surface area contributed by atoms with Gasteiger partial charge in [0, 0.05) is 12.6 Å². The van der Waals surface area contributed by atoms with Crippen LogP contribution in [0.25, 0.3) is 0 Å². The first-order valence-corrected chi connectivity index (χ1v) is 7.70. The molecule has 2 N–H and O–H groups in total. The van der Waals surface area contributed by atoms with Gasteiger partial charge >= 0.3 is 0 Å². The third-order valence-corrected chi connectivity index (χ3v) is 4.16. The highest BCUT2D eigenvalue weighted by Crippen LogP contribution is 2.22. The van der Waals surface area contributed by atoms with Crippen LogP contribution in [0.2, 0.25) is 0 Å². The van der Waals surface area contributed by atoms with Crippen LogP contribution >= 0.6 is 0 Å². The molecule has 0 bridgehead atoms. The molecular formula is C17H28N2. The van der Waals surface area contributed by atoms with Crippen molar-refractivity contribution in [2.75, 3.05) is 20.1 Å². The Labute approximate surface area is 118 Å². The quantitative estimate of drug-likeness (QED) is 0.852. The lowest BCUT2D eigenvalue weighted by molar-refractivity contribution is 0.324. The van der Waals surface area contributed by atoms with E-state index in [1.165, 1.54) is 31.2 Å². The SMILES string of the molecule is CC(N)CCN(C)CCc1ccc2c(c1)CCCC2. The van der Waals surface area contributed by atoms with Gasteiger partial charge < -0.3 is 10.6 Å². The molecular weight excluding hydrogens is 232 g/mol. The number of rotatable bonds is 6. The number of nitrogens with zero attached hydrogens (tertiary/aromatic N) is 1. The third-order valence-electron chi connectivity index (χ3n) is 4.16. The largest absolute Gasteiger partial charge is 0.328 e. The second-order valence-electron chi connectivity index (χ2n) is 6.13. The van der Waals surface area contributed by atoms with Gasteiger partial charge in [0.15, 0.2) is 0 Å². The molecule has 2 heteroatoms. The average Bonchev–Trinajstić information content (AvgIpc) is 2.42. The summed E-state index contributed by atoms with van der Waals surface area (Å²) in [6.45, 7) is 4.31. The van der Waals surface area contributed by atoms with E-state index in [9.17, 15) is 0 Å². The fraction of sp³-hybridized carbons (Fsp3) is 0.647. The van der Waals surface area contributed by atoms with Crippen molar-refractivity contribution < 1.29 is 0 Å². The second kappa shape index (κ2) is 7.06. The molecule has 0 saturated heterocycles. The molecule has 106 valence electrons. The topological polar surface area (TPSA) is 29.3 Å². The number of likely N-dealkylation sites (N-methyl/N-ethyl adjacent to an activating group) is 1. The summed E-state index contributed by atoms with van der Waals surface area (Å²) in [5.41, 5.74) is 10.5. The lowest BCUT2D eigenvalue weighted by atomic mass is 9.90. The first-order valence-electron chi connectivity index (χ1n) is 7.70. The number of fused-ring (bicyclic) bond motifs is 1. The van der Waals surface area contributed by atoms with E-state index in [0.717, 1.165) is 25.9 Å². The second-order valence-corrected chi connectivity index (χ2v) is 6.13. The van der Waals surface area contributed by atoms with Gasteiger partial charge in [-0.1, -0.05) is 18.2 Å². The van der Waals surface area contributed by atoms with Crippen molar-refractivity contribution in [1.82, 2.24) is 4.90 Å². The third kappa shape index (κ3) is 4.63. The van der Waals surface area contributed by atoms with Crippen LogP contribution in [0.15, 0.2) is 18.2 Å². The molecule has 19 heavy (non-hydrogen) atoms. The van der Waals surface area contributed by atoms with Crippen LogP contribution in [0, 0.1) is 0 Å². The van der Waals surface area contributed by atoms with Crippen LogP contribution in [0.4, 0.5) is 0 Å². The van der Waals surface area contributed by atoms with Crippen molar-refractivity contribution in [1.29, 1.82) is 0 Å². The van der Waals surface area contributed by atoms with E-state index in [1.54, 1.807) is 11.1 Å². The van der Waals surface area contributed by atoms with E-state index in [0.29, 0.717) is 6.04 Å². The summed E-state index contributed by atoms with van der Waals surface area (Å²) in [4.78, 5) is 2.39. The highest BCUT2D eigenvalue weighted by molar-refractivity contribution is 5.33. The molecule has 0 spiro atoms. The number of aryl methyl sites for hydroxylation is 2. The van der Waals surface area contributed by atoms with E-state index < -0.39 is 0 Å². The van der Waals surface area contributed by atoms with Gasteiger partial charge in [0.1, 0.15) is 0 Å². The lowest BCUT2D eigenvalue weighted by Gasteiger charge is -2.19. The Bertz CT molecular complexity index is 398. The fourth-order valence-electron chi connectivity index (χ4n) is 2.80. The molecule has 1 aliphatic rings. The molecule has 1 atom stereocenters. The van der Waals surface area contributed by atoms with Crippen molar-refractivity contribution in [3.05, 3.63) is 34.9 Å². The summed E-state index contributed by atoms with van der Waals surface area (Å²) >= 11 is 0. The molecule has 0 amide bonds. The zero-order valence-electron chi connectivity index (χ0n) is 12.5. The van der Waals surface area contributed by atoms with Gasteiger partial charge in [-0.05, 0) is 75.7 Å². The van der Waals surface area contributed by atoms with E-state index in [2.05, 4.69) is 37.1 Å². The van der Waals surface area contributed by atoms with Crippen LogP contribution < -0.4 is 5.73 Å². The zero-order valence-corrected chi connectivity index (χ0v) is 12.5. The standard InChI is InChI=1S/C17H28N2/c1-14(18)9-11-19(2)12-10-15-7-8-16-5-3-4-6-17(16)13-15/h7-8,13-14H,3-6,9-12,18H2,1-2H3.